The van der Waals surface area contributed by atoms with Crippen molar-refractivity contribution in [3.63, 3.8) is 0 Å². The van der Waals surface area contributed by atoms with E-state index in [1.165, 1.54) is 10.2 Å². The lowest BCUT2D eigenvalue weighted by Crippen LogP contribution is -2.38. The van der Waals surface area contributed by atoms with Crippen molar-refractivity contribution in [2.24, 2.45) is 0 Å². The molecule has 1 aromatic carbocycles. The van der Waals surface area contributed by atoms with Gasteiger partial charge in [0.05, 0.1) is 12.1 Å². The zero-order valence-electron chi connectivity index (χ0n) is 13.9. The Bertz CT molecular complexity index is 782. The van der Waals surface area contributed by atoms with E-state index in [0.717, 1.165) is 23.4 Å². The number of carboxylic acid groups (broad SMARTS) is 1. The number of rotatable bonds is 4. The van der Waals surface area contributed by atoms with E-state index in [-0.39, 0.29) is 12.3 Å². The van der Waals surface area contributed by atoms with Crippen molar-refractivity contribution in [1.82, 2.24) is 14.7 Å². The summed E-state index contributed by atoms with van der Waals surface area (Å²) in [5.41, 5.74) is 3.89. The van der Waals surface area contributed by atoms with Crippen LogP contribution in [0, 0.1) is 13.8 Å². The third-order valence-electron chi connectivity index (χ3n) is 4.48. The molecule has 3 rings (SSSR count). The lowest BCUT2D eigenvalue weighted by atomic mass is 9.99. The van der Waals surface area contributed by atoms with Crippen LogP contribution in [0.4, 0.5) is 0 Å². The topological polar surface area (TPSA) is 75.4 Å². The van der Waals surface area contributed by atoms with Gasteiger partial charge in [0.25, 0.3) is 0 Å². The number of aryl methyl sites for hydroxylation is 2. The summed E-state index contributed by atoms with van der Waals surface area (Å²) in [6, 6.07) is 8.90. The Kier molecular flexibility index (Phi) is 4.38. The van der Waals surface area contributed by atoms with Gasteiger partial charge < -0.3 is 10.0 Å². The first-order valence-electron chi connectivity index (χ1n) is 8.06. The monoisotopic (exact) mass is 327 g/mol. The van der Waals surface area contributed by atoms with Gasteiger partial charge in [0.2, 0.25) is 5.91 Å². The van der Waals surface area contributed by atoms with Crippen LogP contribution in [0.15, 0.2) is 30.3 Å². The molecule has 0 saturated carbocycles. The van der Waals surface area contributed by atoms with E-state index in [4.69, 9.17) is 0 Å². The molecule has 0 unspecified atom stereocenters. The van der Waals surface area contributed by atoms with Gasteiger partial charge in [-0.2, -0.15) is 5.10 Å². The average Bonchev–Trinajstić information content (AvgIpc) is 2.89. The summed E-state index contributed by atoms with van der Waals surface area (Å²) in [6.45, 7) is 4.78. The van der Waals surface area contributed by atoms with Crippen LogP contribution in [0.2, 0.25) is 0 Å². The molecule has 24 heavy (non-hydrogen) atoms. The Labute approximate surface area is 140 Å². The Balaban J connectivity index is 1.75. The lowest BCUT2D eigenvalue weighted by molar-refractivity contribution is -0.145. The number of nitrogens with zero attached hydrogens (tertiary/aromatic N) is 3. The van der Waals surface area contributed by atoms with Crippen LogP contribution in [0.3, 0.4) is 0 Å². The molecule has 6 nitrogen and oxygen atoms in total. The number of benzene rings is 1. The molecule has 126 valence electrons. The summed E-state index contributed by atoms with van der Waals surface area (Å²) < 4.78 is 1.44. The molecule has 1 N–H and O–H groups in total. The molecule has 6 heteroatoms. The number of aliphatic carboxylic acids is 1. The number of hydrogen-bond donors (Lipinski definition) is 1. The summed E-state index contributed by atoms with van der Waals surface area (Å²) in [5.74, 6) is -1.18. The van der Waals surface area contributed by atoms with Gasteiger partial charge >= 0.3 is 5.97 Å². The molecule has 0 aliphatic carbocycles. The molecule has 1 amide bonds. The van der Waals surface area contributed by atoms with Crippen LogP contribution in [0.5, 0.6) is 0 Å². The molecule has 0 saturated heterocycles. The zero-order valence-corrected chi connectivity index (χ0v) is 13.9. The molecule has 1 aromatic heterocycles. The molecule has 0 radical (unpaired) electrons. The smallest absolute Gasteiger partial charge is 0.329 e. The highest BCUT2D eigenvalue weighted by molar-refractivity contribution is 5.83. The molecule has 1 aliphatic rings. The average molecular weight is 327 g/mol. The van der Waals surface area contributed by atoms with Crippen LogP contribution in [0.25, 0.3) is 0 Å². The van der Waals surface area contributed by atoms with Gasteiger partial charge in [0.1, 0.15) is 0 Å². The molecular formula is C18H21N3O3. The molecule has 0 bridgehead atoms. The van der Waals surface area contributed by atoms with Gasteiger partial charge in [-0.3, -0.25) is 9.48 Å². The second-order valence-corrected chi connectivity index (χ2v) is 6.26. The van der Waals surface area contributed by atoms with Crippen molar-refractivity contribution in [2.45, 2.75) is 39.3 Å². The van der Waals surface area contributed by atoms with E-state index in [0.29, 0.717) is 13.1 Å². The van der Waals surface area contributed by atoms with Crippen LogP contribution < -0.4 is 0 Å². The summed E-state index contributed by atoms with van der Waals surface area (Å²) in [5, 5.41) is 13.8. The molecule has 0 spiro atoms. The highest BCUT2D eigenvalue weighted by atomic mass is 16.4. The first-order valence-corrected chi connectivity index (χ1v) is 8.06. The standard InChI is InChI=1S/C18H21N3O3/c1-12-9-13(2)21(19-12)16(18(23)24)10-17(22)20-8-7-14-5-3-4-6-15(14)11-20/h3-6,9,16H,7-8,10-11H2,1-2H3,(H,23,24)/t16-/m0/s1. The van der Waals surface area contributed by atoms with Crippen LogP contribution in [-0.2, 0) is 22.6 Å². The van der Waals surface area contributed by atoms with E-state index in [9.17, 15) is 14.7 Å². The van der Waals surface area contributed by atoms with Crippen LogP contribution in [-0.4, -0.2) is 38.2 Å². The van der Waals surface area contributed by atoms with E-state index in [1.807, 2.05) is 31.2 Å². The van der Waals surface area contributed by atoms with Crippen molar-refractivity contribution < 1.29 is 14.7 Å². The molecule has 0 fully saturated rings. The first kappa shape index (κ1) is 16.2. The molecule has 2 heterocycles. The number of carboxylic acids is 1. The second-order valence-electron chi connectivity index (χ2n) is 6.26. The van der Waals surface area contributed by atoms with Gasteiger partial charge in [0, 0.05) is 18.8 Å². The third kappa shape index (κ3) is 3.18. The van der Waals surface area contributed by atoms with Gasteiger partial charge in [-0.25, -0.2) is 4.79 Å². The summed E-state index contributed by atoms with van der Waals surface area (Å²) in [4.78, 5) is 26.0. The fourth-order valence-electron chi connectivity index (χ4n) is 3.24. The minimum Gasteiger partial charge on any atom is -0.480 e. The molecule has 1 aliphatic heterocycles. The van der Waals surface area contributed by atoms with Crippen molar-refractivity contribution in [3.05, 3.63) is 52.8 Å². The quantitative estimate of drug-likeness (QED) is 0.933. The number of aromatic nitrogens is 2. The number of carbonyl (C=O) groups is 2. The fraction of sp³-hybridized carbons (Fsp3) is 0.389. The van der Waals surface area contributed by atoms with Gasteiger partial charge in [0.15, 0.2) is 6.04 Å². The predicted octanol–water partition coefficient (Wildman–Crippen LogP) is 2.10. The van der Waals surface area contributed by atoms with E-state index in [1.54, 1.807) is 11.8 Å². The first-order chi connectivity index (χ1) is 11.5. The van der Waals surface area contributed by atoms with Gasteiger partial charge in [-0.05, 0) is 37.5 Å². The maximum absolute atomic E-state index is 12.6. The summed E-state index contributed by atoms with van der Waals surface area (Å²) in [7, 11) is 0. The minimum atomic E-state index is -1.04. The maximum Gasteiger partial charge on any atom is 0.329 e. The Morgan fingerprint density at radius 3 is 2.58 bits per heavy atom. The highest BCUT2D eigenvalue weighted by Crippen LogP contribution is 2.22. The Morgan fingerprint density at radius 1 is 1.25 bits per heavy atom. The third-order valence-corrected chi connectivity index (χ3v) is 4.48. The van der Waals surface area contributed by atoms with Crippen molar-refractivity contribution in [3.8, 4) is 0 Å². The maximum atomic E-state index is 12.6. The second kappa shape index (κ2) is 6.47. The summed E-state index contributed by atoms with van der Waals surface area (Å²) >= 11 is 0. The van der Waals surface area contributed by atoms with E-state index >= 15 is 0 Å². The number of amides is 1. The van der Waals surface area contributed by atoms with Crippen LogP contribution >= 0.6 is 0 Å². The predicted molar refractivity (Wildman–Crippen MR) is 88.6 cm³/mol. The fourth-order valence-corrected chi connectivity index (χ4v) is 3.24. The van der Waals surface area contributed by atoms with Gasteiger partial charge in [-0.15, -0.1) is 0 Å². The normalized spacial score (nSPS) is 15.0. The molecule has 1 atom stereocenters. The minimum absolute atomic E-state index is 0.0839. The molecular weight excluding hydrogens is 306 g/mol. The largest absolute Gasteiger partial charge is 0.480 e. The van der Waals surface area contributed by atoms with Gasteiger partial charge in [-0.1, -0.05) is 24.3 Å². The van der Waals surface area contributed by atoms with Crippen molar-refractivity contribution in [2.75, 3.05) is 6.54 Å². The lowest BCUT2D eigenvalue weighted by Gasteiger charge is -2.29. The highest BCUT2D eigenvalue weighted by Gasteiger charge is 2.29. The van der Waals surface area contributed by atoms with Crippen LogP contribution in [0.1, 0.15) is 35.0 Å². The Hall–Kier alpha value is -2.63. The van der Waals surface area contributed by atoms with E-state index in [2.05, 4.69) is 11.2 Å². The summed E-state index contributed by atoms with van der Waals surface area (Å²) in [6.07, 6.45) is 0.721. The van der Waals surface area contributed by atoms with Crippen molar-refractivity contribution >= 4 is 11.9 Å². The number of fused-ring (bicyclic) bond motifs is 1. The SMILES string of the molecule is Cc1cc(C)n([C@@H](CC(=O)N2CCc3ccccc3C2)C(=O)O)n1. The number of hydrogen-bond acceptors (Lipinski definition) is 3. The molecule has 2 aromatic rings. The number of carbonyl (C=O) groups excluding carboxylic acids is 1. The zero-order chi connectivity index (χ0) is 17.3. The van der Waals surface area contributed by atoms with Crippen molar-refractivity contribution in [1.29, 1.82) is 0 Å². The van der Waals surface area contributed by atoms with E-state index < -0.39 is 12.0 Å². The Morgan fingerprint density at radius 2 is 1.96 bits per heavy atom.